The minimum absolute atomic E-state index is 0.118. The fraction of sp³-hybridized carbons (Fsp3) is 0.429. The van der Waals surface area contributed by atoms with Crippen LogP contribution in [0, 0.1) is 0 Å². The highest BCUT2D eigenvalue weighted by atomic mass is 19.3. The number of halogens is 3. The lowest BCUT2D eigenvalue weighted by molar-refractivity contribution is -0.0675. The van der Waals surface area contributed by atoms with E-state index in [4.69, 9.17) is 0 Å². The predicted molar refractivity (Wildman–Crippen MR) is 120 cm³/mol. The van der Waals surface area contributed by atoms with E-state index in [2.05, 4.69) is 30.7 Å². The van der Waals surface area contributed by atoms with Crippen LogP contribution in [0.4, 0.5) is 24.9 Å². The van der Waals surface area contributed by atoms with Crippen LogP contribution >= 0.6 is 0 Å². The summed E-state index contributed by atoms with van der Waals surface area (Å²) in [5.74, 6) is -2.30. The van der Waals surface area contributed by atoms with Crippen LogP contribution in [0.3, 0.4) is 0 Å². The Morgan fingerprint density at radius 1 is 1.21 bits per heavy atom. The zero-order chi connectivity index (χ0) is 23.2. The molecule has 0 radical (unpaired) electrons. The van der Waals surface area contributed by atoms with Crippen molar-refractivity contribution in [2.75, 3.05) is 44.5 Å². The van der Waals surface area contributed by atoms with Gasteiger partial charge in [-0.25, -0.2) is 27.7 Å². The number of nitrogens with one attached hydrogen (secondary N) is 2. The highest BCUT2D eigenvalue weighted by molar-refractivity contribution is 5.89. The molecule has 0 bridgehead atoms. The van der Waals surface area contributed by atoms with Crippen LogP contribution in [-0.2, 0) is 6.54 Å². The van der Waals surface area contributed by atoms with E-state index in [9.17, 15) is 13.2 Å². The Labute approximate surface area is 187 Å². The number of nitrogens with zero attached hydrogens (tertiary/aromatic N) is 7. The van der Waals surface area contributed by atoms with E-state index in [-0.39, 0.29) is 25.5 Å². The number of fused-ring (bicyclic) bond motifs is 2. The molecule has 4 aromatic heterocycles. The number of piperidine rings is 1. The third-order valence-corrected chi connectivity index (χ3v) is 5.91. The van der Waals surface area contributed by atoms with Gasteiger partial charge in [-0.3, -0.25) is 0 Å². The average Bonchev–Trinajstić information content (AvgIpc) is 3.39. The summed E-state index contributed by atoms with van der Waals surface area (Å²) in [5, 5.41) is 10.3. The summed E-state index contributed by atoms with van der Waals surface area (Å²) in [5.41, 5.74) is 3.31. The van der Waals surface area contributed by atoms with Crippen LogP contribution < -0.4 is 10.6 Å². The zero-order valence-electron chi connectivity index (χ0n) is 18.3. The smallest absolute Gasteiger partial charge is 0.280 e. The molecule has 9 nitrogen and oxygen atoms in total. The molecule has 1 atom stereocenters. The second-order valence-corrected chi connectivity index (χ2v) is 8.21. The lowest BCUT2D eigenvalue weighted by Gasteiger charge is -2.36. The standard InChI is InChI=1S/C21H24F3N9/c1-25-18-17-13(14-3-4-15-19(27-14)32(10-7-22)12-26-15)5-9-33(17)30-20(29-18)28-16-6-8-31(2)11-21(16,23)24/h3-5,9,12,16H,6-8,10-11H2,1-2H3,(H2,25,28,29,30)/t16-/m1/s1. The van der Waals surface area contributed by atoms with Gasteiger partial charge in [0.1, 0.15) is 17.7 Å². The number of aryl methyl sites for hydroxylation is 1. The van der Waals surface area contributed by atoms with Gasteiger partial charge in [-0.05, 0) is 31.7 Å². The van der Waals surface area contributed by atoms with E-state index in [1.165, 1.54) is 0 Å². The summed E-state index contributed by atoms with van der Waals surface area (Å²) in [6.45, 7) is -0.0941. The minimum Gasteiger partial charge on any atom is -0.371 e. The van der Waals surface area contributed by atoms with Crippen molar-refractivity contribution in [2.24, 2.45) is 0 Å². The maximum Gasteiger partial charge on any atom is 0.280 e. The highest BCUT2D eigenvalue weighted by Gasteiger charge is 2.44. The number of likely N-dealkylation sites (tertiary alicyclic amines) is 1. The average molecular weight is 459 g/mol. The molecular formula is C21H24F3N9. The zero-order valence-corrected chi connectivity index (χ0v) is 18.3. The first-order chi connectivity index (χ1) is 15.9. The van der Waals surface area contributed by atoms with Crippen molar-refractivity contribution in [3.05, 3.63) is 30.7 Å². The maximum atomic E-state index is 14.5. The van der Waals surface area contributed by atoms with E-state index in [0.29, 0.717) is 34.7 Å². The second kappa shape index (κ2) is 8.18. The molecule has 0 aliphatic carbocycles. The van der Waals surface area contributed by atoms with Crippen LogP contribution in [0.25, 0.3) is 27.9 Å². The van der Waals surface area contributed by atoms with Crippen molar-refractivity contribution >= 4 is 28.4 Å². The molecule has 0 amide bonds. The number of aromatic nitrogens is 6. The van der Waals surface area contributed by atoms with Gasteiger partial charge in [0.15, 0.2) is 11.5 Å². The Morgan fingerprint density at radius 2 is 2.06 bits per heavy atom. The van der Waals surface area contributed by atoms with Gasteiger partial charge in [-0.1, -0.05) is 0 Å². The van der Waals surface area contributed by atoms with E-state index in [1.807, 2.05) is 18.2 Å². The van der Waals surface area contributed by atoms with Gasteiger partial charge >= 0.3 is 0 Å². The Morgan fingerprint density at radius 3 is 2.82 bits per heavy atom. The molecule has 5 rings (SSSR count). The van der Waals surface area contributed by atoms with Crippen molar-refractivity contribution in [3.8, 4) is 11.3 Å². The van der Waals surface area contributed by atoms with Crippen LogP contribution in [-0.4, -0.2) is 79.9 Å². The molecule has 0 spiro atoms. The summed E-state index contributed by atoms with van der Waals surface area (Å²) >= 11 is 0. The summed E-state index contributed by atoms with van der Waals surface area (Å²) in [7, 11) is 3.39. The number of hydrogen-bond acceptors (Lipinski definition) is 7. The molecule has 2 N–H and O–H groups in total. The molecule has 33 heavy (non-hydrogen) atoms. The Bertz CT molecular complexity index is 1300. The lowest BCUT2D eigenvalue weighted by Crippen LogP contribution is -2.53. The first-order valence-corrected chi connectivity index (χ1v) is 10.7. The Kier molecular flexibility index (Phi) is 5.31. The molecule has 1 aliphatic heterocycles. The van der Waals surface area contributed by atoms with Gasteiger partial charge in [0.25, 0.3) is 5.92 Å². The van der Waals surface area contributed by atoms with Crippen LogP contribution in [0.2, 0.25) is 0 Å². The normalized spacial score (nSPS) is 18.8. The van der Waals surface area contributed by atoms with E-state index in [0.717, 1.165) is 5.56 Å². The highest BCUT2D eigenvalue weighted by Crippen LogP contribution is 2.32. The minimum atomic E-state index is -2.89. The fourth-order valence-electron chi connectivity index (χ4n) is 4.25. The molecule has 0 saturated carbocycles. The molecule has 4 aromatic rings. The first kappa shape index (κ1) is 21.4. The largest absolute Gasteiger partial charge is 0.371 e. The van der Waals surface area contributed by atoms with Crippen molar-refractivity contribution < 1.29 is 13.2 Å². The number of rotatable bonds is 6. The molecule has 1 saturated heterocycles. The summed E-state index contributed by atoms with van der Waals surface area (Å²) in [4.78, 5) is 15.0. The maximum absolute atomic E-state index is 14.5. The van der Waals surface area contributed by atoms with E-state index >= 15 is 0 Å². The monoisotopic (exact) mass is 459 g/mol. The number of hydrogen-bond donors (Lipinski definition) is 2. The van der Waals surface area contributed by atoms with Crippen molar-refractivity contribution in [2.45, 2.75) is 24.9 Å². The molecular weight excluding hydrogens is 435 g/mol. The summed E-state index contributed by atoms with van der Waals surface area (Å²) < 4.78 is 45.1. The van der Waals surface area contributed by atoms with Crippen molar-refractivity contribution in [3.63, 3.8) is 0 Å². The van der Waals surface area contributed by atoms with Gasteiger partial charge < -0.3 is 20.1 Å². The molecule has 1 fully saturated rings. The third kappa shape index (κ3) is 3.84. The van der Waals surface area contributed by atoms with Gasteiger partial charge in [-0.15, -0.1) is 5.10 Å². The van der Waals surface area contributed by atoms with Crippen LogP contribution in [0.15, 0.2) is 30.7 Å². The SMILES string of the molecule is CNc1nc(N[C@@H]2CCN(C)CC2(F)F)nn2ccc(-c3ccc4ncn(CCF)c4n3)c12. The molecule has 1 aliphatic rings. The molecule has 0 unspecified atom stereocenters. The molecule has 12 heteroatoms. The van der Waals surface area contributed by atoms with Crippen LogP contribution in [0.5, 0.6) is 0 Å². The second-order valence-electron chi connectivity index (χ2n) is 8.21. The molecule has 174 valence electrons. The summed E-state index contributed by atoms with van der Waals surface area (Å²) in [6, 6.07) is 4.44. The third-order valence-electron chi connectivity index (χ3n) is 5.91. The van der Waals surface area contributed by atoms with E-state index in [1.54, 1.807) is 40.6 Å². The van der Waals surface area contributed by atoms with Crippen LogP contribution in [0.1, 0.15) is 6.42 Å². The van der Waals surface area contributed by atoms with Crippen molar-refractivity contribution in [1.29, 1.82) is 0 Å². The number of pyridine rings is 1. The topological polar surface area (TPSA) is 88.2 Å². The number of alkyl halides is 3. The van der Waals surface area contributed by atoms with Gasteiger partial charge in [-0.2, -0.15) is 4.98 Å². The predicted octanol–water partition coefficient (Wildman–Crippen LogP) is 2.90. The van der Waals surface area contributed by atoms with Gasteiger partial charge in [0.05, 0.1) is 31.2 Å². The first-order valence-electron chi connectivity index (χ1n) is 10.7. The van der Waals surface area contributed by atoms with Gasteiger partial charge in [0.2, 0.25) is 5.95 Å². The van der Waals surface area contributed by atoms with E-state index < -0.39 is 18.6 Å². The van der Waals surface area contributed by atoms with Gasteiger partial charge in [0, 0.05) is 25.4 Å². The molecule has 5 heterocycles. The quantitative estimate of drug-likeness (QED) is 0.458. The lowest BCUT2D eigenvalue weighted by atomic mass is 10.0. The van der Waals surface area contributed by atoms with Crippen molar-refractivity contribution in [1.82, 2.24) is 34.0 Å². The Balaban J connectivity index is 1.52. The number of imidazole rings is 1. The molecule has 0 aromatic carbocycles. The Hall–Kier alpha value is -3.41. The number of anilines is 2. The summed E-state index contributed by atoms with van der Waals surface area (Å²) in [6.07, 6.45) is 3.58. The fourth-order valence-corrected chi connectivity index (χ4v) is 4.25.